The Morgan fingerprint density at radius 2 is 1.44 bits per heavy atom. The second kappa shape index (κ2) is 10.6. The number of hydrogen-bond donors (Lipinski definition) is 1. The molecule has 2 aromatic rings. The van der Waals surface area contributed by atoms with Gasteiger partial charge in [-0.2, -0.15) is 0 Å². The van der Waals surface area contributed by atoms with Gasteiger partial charge in [-0.3, -0.25) is 14.9 Å². The number of hydrogen-bond acceptors (Lipinski definition) is 4. The van der Waals surface area contributed by atoms with Crippen LogP contribution in [0, 0.1) is 5.92 Å². The van der Waals surface area contributed by atoms with E-state index in [-0.39, 0.29) is 18.4 Å². The van der Waals surface area contributed by atoms with Gasteiger partial charge in [0.1, 0.15) is 18.4 Å². The molecule has 1 N–H and O–H groups in total. The Morgan fingerprint density at radius 3 is 1.96 bits per heavy atom. The zero-order valence-electron chi connectivity index (χ0n) is 16.4. The van der Waals surface area contributed by atoms with Crippen molar-refractivity contribution in [2.75, 3.05) is 0 Å². The van der Waals surface area contributed by atoms with E-state index < -0.39 is 12.1 Å². The van der Waals surface area contributed by atoms with Crippen molar-refractivity contribution in [1.29, 1.82) is 0 Å². The van der Waals surface area contributed by atoms with Crippen LogP contribution in [-0.4, -0.2) is 23.8 Å². The van der Waals surface area contributed by atoms with Crippen LogP contribution in [0.25, 0.3) is 0 Å². The molecule has 144 valence electrons. The summed E-state index contributed by atoms with van der Waals surface area (Å²) in [6.45, 7) is 5.90. The molecule has 0 saturated carbocycles. The van der Waals surface area contributed by atoms with Gasteiger partial charge in [-0.25, -0.2) is 0 Å². The predicted molar refractivity (Wildman–Crippen MR) is 107 cm³/mol. The summed E-state index contributed by atoms with van der Waals surface area (Å²) in [5.41, 5.74) is 2.01. The third-order valence-electron chi connectivity index (χ3n) is 4.39. The normalized spacial score (nSPS) is 13.2. The predicted octanol–water partition coefficient (Wildman–Crippen LogP) is 3.93. The summed E-state index contributed by atoms with van der Waals surface area (Å²) >= 11 is 0. The Balaban J connectivity index is 2.03. The average Bonchev–Trinajstić information content (AvgIpc) is 2.66. The Kier molecular flexibility index (Phi) is 8.21. The van der Waals surface area contributed by atoms with E-state index in [4.69, 9.17) is 4.74 Å². The number of rotatable bonds is 10. The highest BCUT2D eigenvalue weighted by molar-refractivity contribution is 5.83. The highest BCUT2D eigenvalue weighted by Gasteiger charge is 2.26. The molecule has 0 aliphatic rings. The molecule has 0 heterocycles. The van der Waals surface area contributed by atoms with Crippen molar-refractivity contribution in [3.63, 3.8) is 0 Å². The molecule has 27 heavy (non-hydrogen) atoms. The average molecular weight is 367 g/mol. The van der Waals surface area contributed by atoms with Crippen molar-refractivity contribution in [2.45, 2.75) is 52.3 Å². The van der Waals surface area contributed by atoms with Gasteiger partial charge >= 0.3 is 5.97 Å². The van der Waals surface area contributed by atoms with Crippen molar-refractivity contribution in [2.24, 2.45) is 5.92 Å². The molecule has 0 aliphatic carbocycles. The third-order valence-corrected chi connectivity index (χ3v) is 4.39. The zero-order valence-corrected chi connectivity index (χ0v) is 16.4. The highest BCUT2D eigenvalue weighted by atomic mass is 16.5. The van der Waals surface area contributed by atoms with E-state index in [1.54, 1.807) is 6.92 Å². The lowest BCUT2D eigenvalue weighted by Gasteiger charge is -2.24. The second-order valence-corrected chi connectivity index (χ2v) is 7.30. The number of ether oxygens (including phenoxy) is 1. The van der Waals surface area contributed by atoms with E-state index in [1.807, 2.05) is 60.7 Å². The molecule has 2 aromatic carbocycles. The first-order valence-electron chi connectivity index (χ1n) is 9.46. The lowest BCUT2D eigenvalue weighted by molar-refractivity contribution is -0.148. The summed E-state index contributed by atoms with van der Waals surface area (Å²) in [4.78, 5) is 24.8. The van der Waals surface area contributed by atoms with Crippen molar-refractivity contribution >= 4 is 11.8 Å². The third kappa shape index (κ3) is 7.35. The molecule has 0 radical (unpaired) electrons. The van der Waals surface area contributed by atoms with Gasteiger partial charge in [0.15, 0.2) is 0 Å². The molecular formula is C23H29NO3. The molecule has 2 rings (SSSR count). The molecular weight excluding hydrogens is 338 g/mol. The topological polar surface area (TPSA) is 55.4 Å². The van der Waals surface area contributed by atoms with Crippen LogP contribution in [0.1, 0.15) is 38.3 Å². The van der Waals surface area contributed by atoms with Crippen molar-refractivity contribution in [1.82, 2.24) is 5.32 Å². The largest absolute Gasteiger partial charge is 0.460 e. The van der Waals surface area contributed by atoms with Gasteiger partial charge in [0.05, 0.1) is 6.04 Å². The zero-order chi connectivity index (χ0) is 19.6. The van der Waals surface area contributed by atoms with Crippen LogP contribution in [0.15, 0.2) is 60.7 Å². The van der Waals surface area contributed by atoms with Gasteiger partial charge in [0, 0.05) is 0 Å². The van der Waals surface area contributed by atoms with Crippen LogP contribution < -0.4 is 5.32 Å². The Hall–Kier alpha value is -2.46. The lowest BCUT2D eigenvalue weighted by Crippen LogP contribution is -2.48. The van der Waals surface area contributed by atoms with Gasteiger partial charge in [-0.05, 0) is 36.8 Å². The maximum Gasteiger partial charge on any atom is 0.323 e. The molecule has 4 nitrogen and oxygen atoms in total. The fraction of sp³-hybridized carbons (Fsp3) is 0.391. The number of esters is 1. The van der Waals surface area contributed by atoms with Gasteiger partial charge in [0.25, 0.3) is 0 Å². The maximum absolute atomic E-state index is 12.7. The van der Waals surface area contributed by atoms with Gasteiger partial charge in [-0.1, -0.05) is 74.5 Å². The molecule has 0 fully saturated rings. The van der Waals surface area contributed by atoms with Crippen molar-refractivity contribution in [3.05, 3.63) is 71.8 Å². The van der Waals surface area contributed by atoms with Gasteiger partial charge in [-0.15, -0.1) is 0 Å². The summed E-state index contributed by atoms with van der Waals surface area (Å²) in [6.07, 6.45) is 1.17. The minimum absolute atomic E-state index is 0.0171. The quantitative estimate of drug-likeness (QED) is 0.647. The van der Waals surface area contributed by atoms with Crippen LogP contribution in [0.4, 0.5) is 0 Å². The number of carbonyl (C=O) groups is 2. The molecule has 2 atom stereocenters. The smallest absolute Gasteiger partial charge is 0.323 e. The first-order chi connectivity index (χ1) is 13.0. The molecule has 0 amide bonds. The Labute approximate surface area is 161 Å². The number of ketones is 1. The van der Waals surface area contributed by atoms with E-state index in [9.17, 15) is 9.59 Å². The lowest BCUT2D eigenvalue weighted by atomic mass is 9.99. The first-order valence-corrected chi connectivity index (χ1v) is 9.46. The summed E-state index contributed by atoms with van der Waals surface area (Å²) in [7, 11) is 0. The van der Waals surface area contributed by atoms with Crippen molar-refractivity contribution in [3.8, 4) is 0 Å². The monoisotopic (exact) mass is 367 g/mol. The number of Topliss-reactive ketones (excluding diaryl/α,β-unsaturated/α-hetero) is 1. The fourth-order valence-corrected chi connectivity index (χ4v) is 2.95. The van der Waals surface area contributed by atoms with Crippen molar-refractivity contribution < 1.29 is 14.3 Å². The van der Waals surface area contributed by atoms with E-state index in [1.165, 1.54) is 0 Å². The van der Waals surface area contributed by atoms with Crippen LogP contribution in [0.3, 0.4) is 0 Å². The maximum atomic E-state index is 12.7. The first kappa shape index (κ1) is 20.8. The summed E-state index contributed by atoms with van der Waals surface area (Å²) in [5, 5.41) is 3.25. The SMILES string of the molecule is CC(=O)C(Cc1ccccc1)NC(CC(C)C)C(=O)OCc1ccccc1. The van der Waals surface area contributed by atoms with Crippen LogP contribution >= 0.6 is 0 Å². The summed E-state index contributed by atoms with van der Waals surface area (Å²) in [6, 6.07) is 18.5. The number of nitrogens with one attached hydrogen (secondary N) is 1. The molecule has 0 aromatic heterocycles. The molecule has 0 bridgehead atoms. The summed E-state index contributed by atoms with van der Waals surface area (Å²) < 4.78 is 5.51. The Bertz CT molecular complexity index is 713. The number of carbonyl (C=O) groups excluding carboxylic acids is 2. The van der Waals surface area contributed by atoms with Gasteiger partial charge in [0.2, 0.25) is 0 Å². The minimum Gasteiger partial charge on any atom is -0.460 e. The standard InChI is InChI=1S/C23H29NO3/c1-17(2)14-22(23(26)27-16-20-12-8-5-9-13-20)24-21(18(3)25)15-19-10-6-4-7-11-19/h4-13,17,21-22,24H,14-16H2,1-3H3. The molecule has 0 aliphatic heterocycles. The van der Waals surface area contributed by atoms with Crippen LogP contribution in [0.2, 0.25) is 0 Å². The van der Waals surface area contributed by atoms with Crippen LogP contribution in [-0.2, 0) is 27.4 Å². The van der Waals surface area contributed by atoms with E-state index in [0.717, 1.165) is 11.1 Å². The molecule has 4 heteroatoms. The fourth-order valence-electron chi connectivity index (χ4n) is 2.95. The number of benzene rings is 2. The van der Waals surface area contributed by atoms with E-state index in [0.29, 0.717) is 18.8 Å². The molecule has 0 saturated heterocycles. The van der Waals surface area contributed by atoms with E-state index in [2.05, 4.69) is 19.2 Å². The summed E-state index contributed by atoms with van der Waals surface area (Å²) in [5.74, 6) is 0.00596. The van der Waals surface area contributed by atoms with Gasteiger partial charge < -0.3 is 4.74 Å². The second-order valence-electron chi connectivity index (χ2n) is 7.30. The van der Waals surface area contributed by atoms with Crippen LogP contribution in [0.5, 0.6) is 0 Å². The van der Waals surface area contributed by atoms with E-state index >= 15 is 0 Å². The molecule has 0 spiro atoms. The Morgan fingerprint density at radius 1 is 0.889 bits per heavy atom. The molecule has 2 unspecified atom stereocenters. The minimum atomic E-state index is -0.508. The highest BCUT2D eigenvalue weighted by Crippen LogP contribution is 2.12.